The maximum Gasteiger partial charge on any atom is 0.280 e. The molecule has 1 aromatic heterocycles. The van der Waals surface area contributed by atoms with Crippen molar-refractivity contribution in [2.45, 2.75) is 0 Å². The van der Waals surface area contributed by atoms with E-state index in [-0.39, 0.29) is 16.7 Å². The Balaban J connectivity index is 2.25. The first-order chi connectivity index (χ1) is 12.7. The number of halogens is 2. The molecule has 9 nitrogen and oxygen atoms in total. The van der Waals surface area contributed by atoms with Crippen molar-refractivity contribution < 1.29 is 9.53 Å². The van der Waals surface area contributed by atoms with Crippen LogP contribution in [0.4, 0.5) is 17.8 Å². The summed E-state index contributed by atoms with van der Waals surface area (Å²) in [5.41, 5.74) is 0. The summed E-state index contributed by atoms with van der Waals surface area (Å²) < 4.78 is 5.39. The van der Waals surface area contributed by atoms with E-state index in [0.717, 1.165) is 4.90 Å². The second-order valence-corrected chi connectivity index (χ2v) is 6.56. The lowest BCUT2D eigenvalue weighted by molar-refractivity contribution is -0.119. The fourth-order valence-corrected chi connectivity index (χ4v) is 2.31. The van der Waals surface area contributed by atoms with Crippen LogP contribution in [0.25, 0.3) is 0 Å². The number of amides is 1. The Morgan fingerprint density at radius 2 is 1.63 bits per heavy atom. The molecule has 0 saturated heterocycles. The third kappa shape index (κ3) is 5.09. The molecule has 0 N–H and O–H groups in total. The average Bonchev–Trinajstić information content (AvgIpc) is 2.61. The van der Waals surface area contributed by atoms with Gasteiger partial charge in [0.25, 0.3) is 11.9 Å². The molecule has 2 aromatic rings. The number of hydrogen-bond acceptors (Lipinski definition) is 8. The molecule has 0 fully saturated rings. The third-order valence-electron chi connectivity index (χ3n) is 3.19. The number of nitrogens with zero attached hydrogens (tertiary/aromatic N) is 7. The topological polar surface area (TPSA) is 98.5 Å². The summed E-state index contributed by atoms with van der Waals surface area (Å²) in [6.45, 7) is -0.435. The summed E-state index contributed by atoms with van der Waals surface area (Å²) in [6.07, 6.45) is 1.77. The van der Waals surface area contributed by atoms with E-state index in [4.69, 9.17) is 27.9 Å². The molecule has 0 aliphatic carbocycles. The molecule has 0 aliphatic heterocycles. The van der Waals surface area contributed by atoms with Gasteiger partial charge in [0.1, 0.15) is 5.75 Å². The van der Waals surface area contributed by atoms with E-state index in [0.29, 0.717) is 16.9 Å². The first-order valence-corrected chi connectivity index (χ1v) is 8.39. The quantitative estimate of drug-likeness (QED) is 0.528. The maximum atomic E-state index is 12.5. The van der Waals surface area contributed by atoms with Gasteiger partial charge in [-0.15, -0.1) is 0 Å². The Bertz CT molecular complexity index is 857. The van der Waals surface area contributed by atoms with Crippen molar-refractivity contribution in [1.29, 1.82) is 5.26 Å². The summed E-state index contributed by atoms with van der Waals surface area (Å²) >= 11 is 11.8. The number of aromatic nitrogens is 3. The van der Waals surface area contributed by atoms with Crippen molar-refractivity contribution in [1.82, 2.24) is 15.0 Å². The van der Waals surface area contributed by atoms with E-state index in [2.05, 4.69) is 15.0 Å². The number of rotatable bonds is 6. The molecule has 0 radical (unpaired) electrons. The van der Waals surface area contributed by atoms with Crippen molar-refractivity contribution >= 4 is 47.0 Å². The van der Waals surface area contributed by atoms with Gasteiger partial charge in [0.15, 0.2) is 12.8 Å². The SMILES string of the molecule is CN(C)c1nc(N(C)C)nc(N(C#N)C(=O)COc2ccc(Cl)cc2Cl)n1. The van der Waals surface area contributed by atoms with Crippen LogP contribution in [0.15, 0.2) is 18.2 Å². The van der Waals surface area contributed by atoms with Gasteiger partial charge in [-0.25, -0.2) is 0 Å². The lowest BCUT2D eigenvalue weighted by atomic mass is 10.3. The molecule has 1 heterocycles. The first kappa shape index (κ1) is 20.5. The number of benzene rings is 1. The Morgan fingerprint density at radius 1 is 1.07 bits per heavy atom. The summed E-state index contributed by atoms with van der Waals surface area (Å²) in [5.74, 6) is 0.113. The highest BCUT2D eigenvalue weighted by molar-refractivity contribution is 6.35. The number of carbonyl (C=O) groups is 1. The second kappa shape index (κ2) is 8.70. The molecule has 0 spiro atoms. The van der Waals surface area contributed by atoms with Crippen LogP contribution in [0.2, 0.25) is 10.0 Å². The summed E-state index contributed by atoms with van der Waals surface area (Å²) in [6, 6.07) is 4.60. The van der Waals surface area contributed by atoms with Crippen LogP contribution < -0.4 is 19.4 Å². The van der Waals surface area contributed by atoms with Gasteiger partial charge in [0.2, 0.25) is 11.9 Å². The van der Waals surface area contributed by atoms with E-state index in [1.165, 1.54) is 12.1 Å². The van der Waals surface area contributed by atoms with E-state index in [9.17, 15) is 10.1 Å². The molecule has 27 heavy (non-hydrogen) atoms. The zero-order chi connectivity index (χ0) is 20.1. The molecule has 2 rings (SSSR count). The zero-order valence-corrected chi connectivity index (χ0v) is 16.7. The van der Waals surface area contributed by atoms with Gasteiger partial charge in [-0.1, -0.05) is 23.2 Å². The average molecular weight is 410 g/mol. The van der Waals surface area contributed by atoms with Crippen molar-refractivity contribution in [3.63, 3.8) is 0 Å². The third-order valence-corrected chi connectivity index (χ3v) is 3.72. The molecule has 1 aromatic carbocycles. The highest BCUT2D eigenvalue weighted by Crippen LogP contribution is 2.27. The minimum atomic E-state index is -0.663. The van der Waals surface area contributed by atoms with Gasteiger partial charge in [-0.05, 0) is 18.2 Å². The number of ether oxygens (including phenoxy) is 1. The van der Waals surface area contributed by atoms with Crippen LogP contribution >= 0.6 is 23.2 Å². The smallest absolute Gasteiger partial charge is 0.280 e. The van der Waals surface area contributed by atoms with Crippen LogP contribution in [0.3, 0.4) is 0 Å². The summed E-state index contributed by atoms with van der Waals surface area (Å²) in [4.78, 5) is 29.0. The predicted molar refractivity (Wildman–Crippen MR) is 104 cm³/mol. The lowest BCUT2D eigenvalue weighted by Crippen LogP contribution is -2.33. The van der Waals surface area contributed by atoms with Crippen molar-refractivity contribution in [2.75, 3.05) is 49.5 Å². The number of anilines is 3. The van der Waals surface area contributed by atoms with Crippen LogP contribution in [0.5, 0.6) is 5.75 Å². The molecule has 0 atom stereocenters. The van der Waals surface area contributed by atoms with Crippen molar-refractivity contribution in [3.8, 4) is 11.9 Å². The highest BCUT2D eigenvalue weighted by atomic mass is 35.5. The minimum Gasteiger partial charge on any atom is -0.482 e. The Morgan fingerprint density at radius 3 is 2.11 bits per heavy atom. The van der Waals surface area contributed by atoms with Crippen LogP contribution in [-0.4, -0.2) is 55.7 Å². The molecule has 0 saturated carbocycles. The number of carbonyl (C=O) groups excluding carboxylic acids is 1. The number of hydrogen-bond donors (Lipinski definition) is 0. The lowest BCUT2D eigenvalue weighted by Gasteiger charge is -2.19. The molecule has 1 amide bonds. The van der Waals surface area contributed by atoms with Gasteiger partial charge < -0.3 is 14.5 Å². The van der Waals surface area contributed by atoms with E-state index >= 15 is 0 Å². The molecule has 0 bridgehead atoms. The minimum absolute atomic E-state index is 0.101. The monoisotopic (exact) mass is 409 g/mol. The fraction of sp³-hybridized carbons (Fsp3) is 0.312. The van der Waals surface area contributed by atoms with Crippen molar-refractivity contribution in [3.05, 3.63) is 28.2 Å². The molecule has 0 aliphatic rings. The van der Waals surface area contributed by atoms with Gasteiger partial charge >= 0.3 is 0 Å². The standard InChI is InChI=1S/C16H17Cl2N7O2/c1-23(2)14-20-15(24(3)4)22-16(21-14)25(9-19)13(26)8-27-12-6-5-10(17)7-11(12)18/h5-7H,8H2,1-4H3. The van der Waals surface area contributed by atoms with Gasteiger partial charge in [-0.2, -0.15) is 25.1 Å². The molecule has 11 heteroatoms. The van der Waals surface area contributed by atoms with Crippen molar-refractivity contribution in [2.24, 2.45) is 0 Å². The molecular formula is C16H17Cl2N7O2. The van der Waals surface area contributed by atoms with Crippen LogP contribution in [-0.2, 0) is 4.79 Å². The Hall–Kier alpha value is -2.83. The second-order valence-electron chi connectivity index (χ2n) is 5.72. The van der Waals surface area contributed by atoms with E-state index in [1.54, 1.807) is 50.3 Å². The zero-order valence-electron chi connectivity index (χ0n) is 15.1. The first-order valence-electron chi connectivity index (χ1n) is 7.64. The Labute approximate surface area is 166 Å². The van der Waals surface area contributed by atoms with Gasteiger partial charge in [-0.3, -0.25) is 4.79 Å². The van der Waals surface area contributed by atoms with Crippen LogP contribution in [0, 0.1) is 11.5 Å². The Kier molecular flexibility index (Phi) is 6.60. The van der Waals surface area contributed by atoms with Gasteiger partial charge in [0, 0.05) is 33.2 Å². The normalized spacial score (nSPS) is 10.1. The maximum absolute atomic E-state index is 12.5. The summed E-state index contributed by atoms with van der Waals surface area (Å²) in [7, 11) is 6.96. The van der Waals surface area contributed by atoms with E-state index in [1.807, 2.05) is 0 Å². The highest BCUT2D eigenvalue weighted by Gasteiger charge is 2.22. The van der Waals surface area contributed by atoms with E-state index < -0.39 is 12.5 Å². The largest absolute Gasteiger partial charge is 0.482 e. The molecule has 142 valence electrons. The van der Waals surface area contributed by atoms with Gasteiger partial charge in [0.05, 0.1) is 5.02 Å². The predicted octanol–water partition coefficient (Wildman–Crippen LogP) is 2.20. The fourth-order valence-electron chi connectivity index (χ4n) is 1.85. The molecular weight excluding hydrogens is 393 g/mol. The molecule has 0 unspecified atom stereocenters. The van der Waals surface area contributed by atoms with Crippen LogP contribution in [0.1, 0.15) is 0 Å². The number of nitriles is 1. The summed E-state index contributed by atoms with van der Waals surface area (Å²) in [5, 5.41) is 10.1.